The van der Waals surface area contributed by atoms with Crippen LogP contribution in [0.15, 0.2) is 30.9 Å². The van der Waals surface area contributed by atoms with E-state index in [1.54, 1.807) is 0 Å². The Kier molecular flexibility index (Phi) is 4.35. The molecule has 1 atom stereocenters. The van der Waals surface area contributed by atoms with E-state index in [9.17, 15) is 5.11 Å². The van der Waals surface area contributed by atoms with Gasteiger partial charge in [0, 0.05) is 6.54 Å². The molecule has 1 aliphatic carbocycles. The van der Waals surface area contributed by atoms with Crippen LogP contribution in [0.4, 0.5) is 0 Å². The first-order valence-electron chi connectivity index (χ1n) is 6.42. The van der Waals surface area contributed by atoms with E-state index in [0.29, 0.717) is 0 Å². The number of fused-ring (bicyclic) bond motifs is 1. The monoisotopic (exact) mass is 231 g/mol. The molecular formula is C15H21NO. The Bertz CT molecular complexity index is 387. The van der Waals surface area contributed by atoms with Crippen molar-refractivity contribution in [2.75, 3.05) is 13.1 Å². The van der Waals surface area contributed by atoms with Gasteiger partial charge >= 0.3 is 0 Å². The zero-order chi connectivity index (χ0) is 12.1. The van der Waals surface area contributed by atoms with Gasteiger partial charge in [-0.3, -0.25) is 0 Å². The summed E-state index contributed by atoms with van der Waals surface area (Å²) in [5.41, 5.74) is 3.96. The lowest BCUT2D eigenvalue weighted by atomic mass is 10.0. The predicted molar refractivity (Wildman–Crippen MR) is 71.1 cm³/mol. The minimum absolute atomic E-state index is 0.349. The van der Waals surface area contributed by atoms with Gasteiger partial charge in [0.15, 0.2) is 0 Å². The predicted octanol–water partition coefficient (Wildman–Crippen LogP) is 2.37. The molecule has 0 aliphatic heterocycles. The number of nitrogens with one attached hydrogen (secondary N) is 1. The van der Waals surface area contributed by atoms with Gasteiger partial charge in [0.25, 0.3) is 0 Å². The zero-order valence-corrected chi connectivity index (χ0v) is 10.3. The van der Waals surface area contributed by atoms with Gasteiger partial charge in [-0.25, -0.2) is 0 Å². The van der Waals surface area contributed by atoms with Gasteiger partial charge in [0.2, 0.25) is 0 Å². The van der Waals surface area contributed by atoms with E-state index in [-0.39, 0.29) is 6.10 Å². The summed E-state index contributed by atoms with van der Waals surface area (Å²) < 4.78 is 0. The highest BCUT2D eigenvalue weighted by Gasteiger charge is 2.13. The fourth-order valence-corrected chi connectivity index (χ4v) is 2.41. The van der Waals surface area contributed by atoms with Crippen LogP contribution in [0.25, 0.3) is 0 Å². The molecule has 1 aliphatic rings. The summed E-state index contributed by atoms with van der Waals surface area (Å²) in [6.45, 7) is 5.28. The molecule has 0 radical (unpaired) electrons. The van der Waals surface area contributed by atoms with Crippen molar-refractivity contribution >= 4 is 0 Å². The van der Waals surface area contributed by atoms with E-state index < -0.39 is 0 Å². The molecule has 2 nitrogen and oxygen atoms in total. The Morgan fingerprint density at radius 2 is 2.18 bits per heavy atom. The minimum Gasteiger partial charge on any atom is -0.388 e. The number of benzene rings is 1. The number of aliphatic hydroxyl groups excluding tert-OH is 1. The lowest BCUT2D eigenvalue weighted by Gasteiger charge is -2.12. The van der Waals surface area contributed by atoms with Crippen LogP contribution < -0.4 is 5.32 Å². The van der Waals surface area contributed by atoms with Crippen LogP contribution in [0.3, 0.4) is 0 Å². The summed E-state index contributed by atoms with van der Waals surface area (Å²) in [5.74, 6) is 0. The largest absolute Gasteiger partial charge is 0.388 e. The quantitative estimate of drug-likeness (QED) is 0.582. The van der Waals surface area contributed by atoms with Crippen molar-refractivity contribution in [3.05, 3.63) is 47.5 Å². The van der Waals surface area contributed by atoms with Crippen LogP contribution in [0.5, 0.6) is 0 Å². The normalized spacial score (nSPS) is 15.6. The van der Waals surface area contributed by atoms with Gasteiger partial charge in [0.05, 0.1) is 6.10 Å². The van der Waals surface area contributed by atoms with Crippen LogP contribution in [0, 0.1) is 0 Å². The maximum absolute atomic E-state index is 10.1. The van der Waals surface area contributed by atoms with Crippen molar-refractivity contribution < 1.29 is 5.11 Å². The third-order valence-electron chi connectivity index (χ3n) is 3.39. The lowest BCUT2D eigenvalue weighted by Crippen LogP contribution is -2.17. The number of aryl methyl sites for hydroxylation is 2. The first kappa shape index (κ1) is 12.3. The fraction of sp³-hybridized carbons (Fsp3) is 0.467. The highest BCUT2D eigenvalue weighted by atomic mass is 16.3. The maximum Gasteiger partial charge on any atom is 0.0802 e. The second kappa shape index (κ2) is 5.99. The zero-order valence-electron chi connectivity index (χ0n) is 10.3. The third-order valence-corrected chi connectivity index (χ3v) is 3.39. The van der Waals surface area contributed by atoms with Crippen molar-refractivity contribution in [3.8, 4) is 0 Å². The highest BCUT2D eigenvalue weighted by Crippen LogP contribution is 2.26. The first-order chi connectivity index (χ1) is 8.31. The lowest BCUT2D eigenvalue weighted by molar-refractivity contribution is 0.167. The topological polar surface area (TPSA) is 32.3 Å². The molecule has 0 heterocycles. The second-order valence-electron chi connectivity index (χ2n) is 4.68. The van der Waals surface area contributed by atoms with Crippen LogP contribution >= 0.6 is 0 Å². The van der Waals surface area contributed by atoms with E-state index in [0.717, 1.165) is 25.1 Å². The molecule has 0 spiro atoms. The Balaban J connectivity index is 1.90. The molecule has 0 amide bonds. The summed E-state index contributed by atoms with van der Waals surface area (Å²) in [5, 5.41) is 13.3. The standard InChI is InChI=1S/C15H21NO/c1-2-9-16-10-8-15(17)14-7-6-12-4-3-5-13(12)11-14/h2,6-7,11,15-17H,1,3-5,8-10H2. The molecule has 0 saturated carbocycles. The van der Waals surface area contributed by atoms with Crippen molar-refractivity contribution in [1.82, 2.24) is 5.32 Å². The second-order valence-corrected chi connectivity index (χ2v) is 4.68. The van der Waals surface area contributed by atoms with Crippen LogP contribution in [-0.2, 0) is 12.8 Å². The number of aliphatic hydroxyl groups is 1. The number of rotatable bonds is 6. The van der Waals surface area contributed by atoms with Gasteiger partial charge in [-0.15, -0.1) is 6.58 Å². The highest BCUT2D eigenvalue weighted by molar-refractivity contribution is 5.36. The van der Waals surface area contributed by atoms with Gasteiger partial charge < -0.3 is 10.4 Å². The molecule has 1 aromatic carbocycles. The summed E-state index contributed by atoms with van der Waals surface area (Å²) >= 11 is 0. The molecule has 17 heavy (non-hydrogen) atoms. The van der Waals surface area contributed by atoms with Crippen LogP contribution in [-0.4, -0.2) is 18.2 Å². The molecule has 0 aromatic heterocycles. The molecule has 2 rings (SSSR count). The number of hydrogen-bond acceptors (Lipinski definition) is 2. The van der Waals surface area contributed by atoms with E-state index in [1.165, 1.54) is 30.4 Å². The van der Waals surface area contributed by atoms with Crippen molar-refractivity contribution in [2.45, 2.75) is 31.8 Å². The fourth-order valence-electron chi connectivity index (χ4n) is 2.41. The summed E-state index contributed by atoms with van der Waals surface area (Å²) in [4.78, 5) is 0. The van der Waals surface area contributed by atoms with E-state index in [1.807, 2.05) is 6.08 Å². The Morgan fingerprint density at radius 1 is 1.35 bits per heavy atom. The first-order valence-corrected chi connectivity index (χ1v) is 6.42. The molecule has 0 fully saturated rings. The molecule has 1 aromatic rings. The smallest absolute Gasteiger partial charge is 0.0802 e. The minimum atomic E-state index is -0.349. The van der Waals surface area contributed by atoms with E-state index in [2.05, 4.69) is 30.1 Å². The Morgan fingerprint density at radius 3 is 3.00 bits per heavy atom. The van der Waals surface area contributed by atoms with Crippen molar-refractivity contribution in [2.24, 2.45) is 0 Å². The molecule has 2 heteroatoms. The maximum atomic E-state index is 10.1. The van der Waals surface area contributed by atoms with Gasteiger partial charge in [-0.2, -0.15) is 0 Å². The average molecular weight is 231 g/mol. The van der Waals surface area contributed by atoms with E-state index >= 15 is 0 Å². The van der Waals surface area contributed by atoms with Crippen LogP contribution in [0.1, 0.15) is 35.6 Å². The third kappa shape index (κ3) is 3.18. The molecule has 2 N–H and O–H groups in total. The summed E-state index contributed by atoms with van der Waals surface area (Å²) in [6.07, 6.45) is 5.87. The van der Waals surface area contributed by atoms with Gasteiger partial charge in [0.1, 0.15) is 0 Å². The SMILES string of the molecule is C=CCNCCC(O)c1ccc2c(c1)CCC2. The van der Waals surface area contributed by atoms with Gasteiger partial charge in [-0.05, 0) is 48.9 Å². The summed E-state index contributed by atoms with van der Waals surface area (Å²) in [7, 11) is 0. The van der Waals surface area contributed by atoms with Crippen LogP contribution in [0.2, 0.25) is 0 Å². The van der Waals surface area contributed by atoms with E-state index in [4.69, 9.17) is 0 Å². The van der Waals surface area contributed by atoms with Crippen molar-refractivity contribution in [1.29, 1.82) is 0 Å². The Labute approximate surface area is 103 Å². The molecule has 0 saturated heterocycles. The van der Waals surface area contributed by atoms with Crippen molar-refractivity contribution in [3.63, 3.8) is 0 Å². The number of hydrogen-bond donors (Lipinski definition) is 2. The Hall–Kier alpha value is -1.12. The average Bonchev–Trinajstić information content (AvgIpc) is 2.81. The molecule has 0 bridgehead atoms. The molecule has 1 unspecified atom stereocenters. The van der Waals surface area contributed by atoms with Gasteiger partial charge in [-0.1, -0.05) is 24.3 Å². The molecular weight excluding hydrogens is 210 g/mol. The summed E-state index contributed by atoms with van der Waals surface area (Å²) in [6, 6.07) is 6.43. The molecule has 92 valence electrons.